The van der Waals surface area contributed by atoms with Crippen LogP contribution in [0.2, 0.25) is 0 Å². The predicted octanol–water partition coefficient (Wildman–Crippen LogP) is -0.0951. The van der Waals surface area contributed by atoms with Crippen LogP contribution in [0.1, 0.15) is 17.4 Å². The lowest BCUT2D eigenvalue weighted by Gasteiger charge is -1.96. The van der Waals surface area contributed by atoms with E-state index in [1.807, 2.05) is 0 Å². The lowest BCUT2D eigenvalue weighted by atomic mass is 10.4. The van der Waals surface area contributed by atoms with Crippen LogP contribution in [0.4, 0.5) is 0 Å². The monoisotopic (exact) mass is 223 g/mol. The van der Waals surface area contributed by atoms with E-state index in [1.54, 1.807) is 6.92 Å². The van der Waals surface area contributed by atoms with Gasteiger partial charge >= 0.3 is 5.97 Å². The Morgan fingerprint density at radius 2 is 2.44 bits per heavy atom. The molecule has 0 saturated heterocycles. The Bertz CT molecular complexity index is 598. The van der Waals surface area contributed by atoms with Crippen molar-refractivity contribution in [2.75, 3.05) is 6.61 Å². The molecule has 0 aliphatic heterocycles. The van der Waals surface area contributed by atoms with Gasteiger partial charge < -0.3 is 14.8 Å². The molecule has 0 fully saturated rings. The van der Waals surface area contributed by atoms with Crippen molar-refractivity contribution in [2.45, 2.75) is 6.92 Å². The summed E-state index contributed by atoms with van der Waals surface area (Å²) >= 11 is 0. The van der Waals surface area contributed by atoms with Crippen molar-refractivity contribution in [1.82, 2.24) is 14.6 Å². The summed E-state index contributed by atoms with van der Waals surface area (Å²) in [6.45, 7) is 1.88. The maximum atomic E-state index is 11.3. The molecule has 7 nitrogen and oxygen atoms in total. The Hall–Kier alpha value is -2.31. The zero-order valence-electron chi connectivity index (χ0n) is 8.43. The second kappa shape index (κ2) is 3.69. The normalized spacial score (nSPS) is 10.6. The molecule has 0 bridgehead atoms. The third kappa shape index (κ3) is 1.52. The van der Waals surface area contributed by atoms with Crippen LogP contribution in [-0.2, 0) is 4.74 Å². The van der Waals surface area contributed by atoms with Gasteiger partial charge in [0.05, 0.1) is 12.8 Å². The molecule has 0 aliphatic carbocycles. The van der Waals surface area contributed by atoms with Crippen molar-refractivity contribution >= 4 is 11.5 Å². The highest BCUT2D eigenvalue weighted by molar-refractivity contribution is 5.88. The fourth-order valence-corrected chi connectivity index (χ4v) is 1.29. The maximum absolute atomic E-state index is 11.3. The molecule has 0 radical (unpaired) electrons. The van der Waals surface area contributed by atoms with Gasteiger partial charge in [0.2, 0.25) is 5.88 Å². The summed E-state index contributed by atoms with van der Waals surface area (Å²) in [6.07, 6.45) is 1.09. The molecule has 16 heavy (non-hydrogen) atoms. The van der Waals surface area contributed by atoms with Crippen molar-refractivity contribution in [3.05, 3.63) is 28.3 Å². The molecule has 2 N–H and O–H groups in total. The highest BCUT2D eigenvalue weighted by Crippen LogP contribution is 2.09. The van der Waals surface area contributed by atoms with E-state index in [4.69, 9.17) is 4.74 Å². The summed E-state index contributed by atoms with van der Waals surface area (Å²) in [6, 6.07) is 1.26. The molecule has 0 saturated carbocycles. The van der Waals surface area contributed by atoms with Gasteiger partial charge in [-0.15, -0.1) is 0 Å². The highest BCUT2D eigenvalue weighted by atomic mass is 16.5. The summed E-state index contributed by atoms with van der Waals surface area (Å²) < 4.78 is 5.71. The van der Waals surface area contributed by atoms with Crippen LogP contribution in [-0.4, -0.2) is 32.3 Å². The van der Waals surface area contributed by atoms with Crippen molar-refractivity contribution < 1.29 is 14.6 Å². The molecular weight excluding hydrogens is 214 g/mol. The number of rotatable bonds is 2. The van der Waals surface area contributed by atoms with Crippen LogP contribution >= 0.6 is 0 Å². The number of hydrogen-bond acceptors (Lipinski definition) is 5. The highest BCUT2D eigenvalue weighted by Gasteiger charge is 2.14. The number of nitrogens with zero attached hydrogens (tertiary/aromatic N) is 2. The van der Waals surface area contributed by atoms with Crippen molar-refractivity contribution in [2.24, 2.45) is 0 Å². The van der Waals surface area contributed by atoms with Gasteiger partial charge in [-0.2, -0.15) is 9.61 Å². The predicted molar refractivity (Wildman–Crippen MR) is 53.4 cm³/mol. The van der Waals surface area contributed by atoms with E-state index in [9.17, 15) is 14.7 Å². The zero-order valence-corrected chi connectivity index (χ0v) is 8.43. The third-order valence-electron chi connectivity index (χ3n) is 1.98. The number of carbonyl (C=O) groups excluding carboxylic acids is 1. The van der Waals surface area contributed by atoms with E-state index < -0.39 is 11.5 Å². The minimum absolute atomic E-state index is 0.0196. The Morgan fingerprint density at radius 1 is 1.69 bits per heavy atom. The van der Waals surface area contributed by atoms with Gasteiger partial charge in [0.25, 0.3) is 5.56 Å². The second-order valence-corrected chi connectivity index (χ2v) is 3.02. The number of aromatic nitrogens is 3. The second-order valence-electron chi connectivity index (χ2n) is 3.02. The van der Waals surface area contributed by atoms with Gasteiger partial charge in [-0.05, 0) is 6.92 Å². The fourth-order valence-electron chi connectivity index (χ4n) is 1.29. The summed E-state index contributed by atoms with van der Waals surface area (Å²) in [5, 5.41) is 13.2. The van der Waals surface area contributed by atoms with E-state index in [-0.39, 0.29) is 23.7 Å². The van der Waals surface area contributed by atoms with Gasteiger partial charge in [-0.25, -0.2) is 4.79 Å². The number of aromatic amines is 1. The molecule has 0 aliphatic rings. The number of hydrogen-bond donors (Lipinski definition) is 2. The minimum Gasteiger partial charge on any atom is -0.492 e. The van der Waals surface area contributed by atoms with Crippen molar-refractivity contribution in [1.29, 1.82) is 0 Å². The van der Waals surface area contributed by atoms with Crippen LogP contribution < -0.4 is 5.56 Å². The van der Waals surface area contributed by atoms with Crippen molar-refractivity contribution in [3.8, 4) is 5.88 Å². The van der Waals surface area contributed by atoms with E-state index in [0.717, 1.165) is 10.7 Å². The van der Waals surface area contributed by atoms with Gasteiger partial charge in [0, 0.05) is 6.07 Å². The number of esters is 1. The molecule has 84 valence electrons. The number of aromatic hydroxyl groups is 1. The maximum Gasteiger partial charge on any atom is 0.358 e. The quantitative estimate of drug-likeness (QED) is 0.693. The number of ether oxygens (including phenoxy) is 1. The molecule has 0 unspecified atom stereocenters. The number of H-pyrrole nitrogens is 1. The fraction of sp³-hybridized carbons (Fsp3) is 0.222. The topological polar surface area (TPSA) is 96.7 Å². The molecule has 2 aromatic heterocycles. The van der Waals surface area contributed by atoms with Crippen LogP contribution in [0.3, 0.4) is 0 Å². The molecule has 2 rings (SSSR count). The van der Waals surface area contributed by atoms with E-state index in [1.165, 1.54) is 6.07 Å². The first kappa shape index (κ1) is 10.2. The molecule has 7 heteroatoms. The Morgan fingerprint density at radius 3 is 3.06 bits per heavy atom. The molecule has 2 aromatic rings. The van der Waals surface area contributed by atoms with Crippen LogP contribution in [0.25, 0.3) is 5.52 Å². The van der Waals surface area contributed by atoms with Crippen LogP contribution in [0, 0.1) is 0 Å². The average Bonchev–Trinajstić information content (AvgIpc) is 2.70. The average molecular weight is 223 g/mol. The number of fused-ring (bicyclic) bond motifs is 1. The molecular formula is C9H9N3O4. The molecule has 0 spiro atoms. The summed E-state index contributed by atoms with van der Waals surface area (Å²) in [4.78, 5) is 25.0. The number of carbonyl (C=O) groups is 1. The van der Waals surface area contributed by atoms with Gasteiger partial charge in [0.1, 0.15) is 5.52 Å². The van der Waals surface area contributed by atoms with Gasteiger partial charge in [-0.1, -0.05) is 0 Å². The molecule has 0 amide bonds. The van der Waals surface area contributed by atoms with Gasteiger partial charge in [0.15, 0.2) is 5.69 Å². The SMILES string of the molecule is CCOC(=O)c1cc2c(=O)[nH]cc(O)n2n1. The molecule has 0 atom stereocenters. The smallest absolute Gasteiger partial charge is 0.358 e. The van der Waals surface area contributed by atoms with E-state index in [0.29, 0.717) is 0 Å². The van der Waals surface area contributed by atoms with Crippen LogP contribution in [0.15, 0.2) is 17.1 Å². The van der Waals surface area contributed by atoms with Crippen LogP contribution in [0.5, 0.6) is 5.88 Å². The zero-order chi connectivity index (χ0) is 11.7. The summed E-state index contributed by atoms with van der Waals surface area (Å²) in [5.74, 6) is -0.893. The Kier molecular flexibility index (Phi) is 2.35. The third-order valence-corrected chi connectivity index (χ3v) is 1.98. The first-order valence-electron chi connectivity index (χ1n) is 4.61. The van der Waals surface area contributed by atoms with Gasteiger partial charge in [-0.3, -0.25) is 4.79 Å². The van der Waals surface area contributed by atoms with E-state index >= 15 is 0 Å². The summed E-state index contributed by atoms with van der Waals surface area (Å²) in [7, 11) is 0. The first-order chi connectivity index (χ1) is 7.63. The largest absolute Gasteiger partial charge is 0.492 e. The Balaban J connectivity index is 2.60. The summed E-state index contributed by atoms with van der Waals surface area (Å²) in [5.41, 5.74) is -0.377. The molecule has 2 heterocycles. The van der Waals surface area contributed by atoms with E-state index in [2.05, 4.69) is 10.1 Å². The first-order valence-corrected chi connectivity index (χ1v) is 4.61. The minimum atomic E-state index is -0.634. The number of nitrogens with one attached hydrogen (secondary N) is 1. The molecule has 0 aromatic carbocycles. The van der Waals surface area contributed by atoms with Crippen molar-refractivity contribution in [3.63, 3.8) is 0 Å². The Labute approximate surface area is 89.3 Å². The lowest BCUT2D eigenvalue weighted by Crippen LogP contribution is -2.08. The lowest BCUT2D eigenvalue weighted by molar-refractivity contribution is 0.0519. The standard InChI is InChI=1S/C9H9N3O4/c1-2-16-9(15)5-3-6-8(14)10-4-7(13)12(6)11-5/h3-4,13H,2H2,1H3,(H,10,14).